The van der Waals surface area contributed by atoms with Crippen LogP contribution in [0.4, 0.5) is 5.95 Å². The van der Waals surface area contributed by atoms with E-state index in [-0.39, 0.29) is 0 Å². The van der Waals surface area contributed by atoms with Crippen LogP contribution in [0.2, 0.25) is 0 Å². The van der Waals surface area contributed by atoms with Crippen LogP contribution in [0.3, 0.4) is 0 Å². The van der Waals surface area contributed by atoms with Crippen molar-refractivity contribution in [3.8, 4) is 11.3 Å². The van der Waals surface area contributed by atoms with Crippen molar-refractivity contribution < 1.29 is 0 Å². The molecule has 0 spiro atoms. The number of rotatable bonds is 3. The van der Waals surface area contributed by atoms with Crippen LogP contribution in [0.25, 0.3) is 11.3 Å². The highest BCUT2D eigenvalue weighted by Crippen LogP contribution is 2.28. The van der Waals surface area contributed by atoms with Crippen molar-refractivity contribution in [2.75, 3.05) is 11.5 Å². The molecule has 0 fully saturated rings. The summed E-state index contributed by atoms with van der Waals surface area (Å²) in [7, 11) is 0. The van der Waals surface area contributed by atoms with Gasteiger partial charge in [-0.15, -0.1) is 11.8 Å². The molecule has 2 rings (SSSR count). The van der Waals surface area contributed by atoms with Crippen molar-refractivity contribution in [3.63, 3.8) is 0 Å². The van der Waals surface area contributed by atoms with Crippen molar-refractivity contribution in [2.45, 2.75) is 11.8 Å². The summed E-state index contributed by atoms with van der Waals surface area (Å²) in [6.45, 7) is 2.14. The molecular weight excluding hydrogens is 286 g/mol. The van der Waals surface area contributed by atoms with Crippen molar-refractivity contribution in [3.05, 3.63) is 28.9 Å². The first-order chi connectivity index (χ1) is 7.70. The van der Waals surface area contributed by atoms with Crippen LogP contribution in [0.1, 0.15) is 6.92 Å². The molecule has 5 heteroatoms. The molecule has 0 saturated carbocycles. The number of nitrogens with zero attached hydrogens (tertiary/aromatic N) is 1. The zero-order valence-electron chi connectivity index (χ0n) is 8.83. The SMILES string of the molecule is CCSc1ccc(-c2nc(N)[nH]c2Br)cc1. The lowest BCUT2D eigenvalue weighted by molar-refractivity contribution is 1.31. The molecule has 0 aliphatic heterocycles. The Hall–Kier alpha value is -0.940. The predicted octanol–water partition coefficient (Wildman–Crippen LogP) is 3.53. The topological polar surface area (TPSA) is 54.7 Å². The number of aromatic nitrogens is 2. The largest absolute Gasteiger partial charge is 0.369 e. The quantitative estimate of drug-likeness (QED) is 0.852. The number of H-pyrrole nitrogens is 1. The second kappa shape index (κ2) is 4.93. The minimum atomic E-state index is 0.425. The summed E-state index contributed by atoms with van der Waals surface area (Å²) in [5, 5.41) is 0. The van der Waals surface area contributed by atoms with Gasteiger partial charge in [-0.05, 0) is 33.8 Å². The molecule has 84 valence electrons. The smallest absolute Gasteiger partial charge is 0.198 e. The zero-order valence-corrected chi connectivity index (χ0v) is 11.2. The van der Waals surface area contributed by atoms with Gasteiger partial charge < -0.3 is 10.7 Å². The fourth-order valence-electron chi connectivity index (χ4n) is 1.44. The van der Waals surface area contributed by atoms with E-state index in [1.165, 1.54) is 4.90 Å². The van der Waals surface area contributed by atoms with E-state index < -0.39 is 0 Å². The molecule has 0 unspecified atom stereocenters. The molecule has 0 aliphatic rings. The number of hydrogen-bond donors (Lipinski definition) is 2. The van der Waals surface area contributed by atoms with Gasteiger partial charge in [0.1, 0.15) is 10.3 Å². The van der Waals surface area contributed by atoms with Gasteiger partial charge in [-0.2, -0.15) is 0 Å². The van der Waals surface area contributed by atoms with E-state index in [2.05, 4.69) is 57.1 Å². The summed E-state index contributed by atoms with van der Waals surface area (Å²) < 4.78 is 0.820. The van der Waals surface area contributed by atoms with E-state index in [4.69, 9.17) is 5.73 Å². The summed E-state index contributed by atoms with van der Waals surface area (Å²) in [6.07, 6.45) is 0. The minimum absolute atomic E-state index is 0.425. The van der Waals surface area contributed by atoms with Gasteiger partial charge in [-0.25, -0.2) is 4.98 Å². The van der Waals surface area contributed by atoms with E-state index in [9.17, 15) is 0 Å². The highest BCUT2D eigenvalue weighted by atomic mass is 79.9. The van der Waals surface area contributed by atoms with Crippen LogP contribution < -0.4 is 5.73 Å². The van der Waals surface area contributed by atoms with Gasteiger partial charge in [-0.3, -0.25) is 0 Å². The maximum atomic E-state index is 5.59. The van der Waals surface area contributed by atoms with E-state index in [1.54, 1.807) is 0 Å². The van der Waals surface area contributed by atoms with Crippen LogP contribution in [-0.4, -0.2) is 15.7 Å². The number of nitrogen functional groups attached to an aromatic ring is 1. The number of nitrogens with two attached hydrogens (primary N) is 1. The second-order valence-corrected chi connectivity index (χ2v) is 5.37. The molecule has 0 saturated heterocycles. The van der Waals surface area contributed by atoms with Gasteiger partial charge in [0.25, 0.3) is 0 Å². The third-order valence-corrected chi connectivity index (χ3v) is 3.58. The average molecular weight is 298 g/mol. The summed E-state index contributed by atoms with van der Waals surface area (Å²) in [6, 6.07) is 8.30. The van der Waals surface area contributed by atoms with Crippen LogP contribution in [-0.2, 0) is 0 Å². The van der Waals surface area contributed by atoms with Crippen LogP contribution in [0, 0.1) is 0 Å². The lowest BCUT2D eigenvalue weighted by atomic mass is 10.2. The molecule has 1 aromatic heterocycles. The molecular formula is C11H12BrN3S. The molecule has 0 atom stereocenters. The minimum Gasteiger partial charge on any atom is -0.369 e. The van der Waals surface area contributed by atoms with Gasteiger partial charge >= 0.3 is 0 Å². The Balaban J connectivity index is 2.31. The molecule has 3 N–H and O–H groups in total. The zero-order chi connectivity index (χ0) is 11.5. The third kappa shape index (κ3) is 2.41. The van der Waals surface area contributed by atoms with E-state index in [0.29, 0.717) is 5.95 Å². The lowest BCUT2D eigenvalue weighted by Crippen LogP contribution is -1.85. The predicted molar refractivity (Wildman–Crippen MR) is 72.5 cm³/mol. The number of benzene rings is 1. The van der Waals surface area contributed by atoms with Gasteiger partial charge in [0, 0.05) is 10.5 Å². The molecule has 16 heavy (non-hydrogen) atoms. The Kier molecular flexibility index (Phi) is 3.56. The first kappa shape index (κ1) is 11.5. The van der Waals surface area contributed by atoms with Crippen molar-refractivity contribution >= 4 is 33.6 Å². The van der Waals surface area contributed by atoms with Gasteiger partial charge in [0.15, 0.2) is 5.95 Å². The molecule has 0 amide bonds. The number of anilines is 1. The summed E-state index contributed by atoms with van der Waals surface area (Å²) >= 11 is 5.22. The summed E-state index contributed by atoms with van der Waals surface area (Å²) in [4.78, 5) is 8.42. The van der Waals surface area contributed by atoms with Crippen molar-refractivity contribution in [1.29, 1.82) is 0 Å². The van der Waals surface area contributed by atoms with Crippen molar-refractivity contribution in [1.82, 2.24) is 9.97 Å². The van der Waals surface area contributed by atoms with Crippen LogP contribution >= 0.6 is 27.7 Å². The molecule has 0 aliphatic carbocycles. The van der Waals surface area contributed by atoms with E-state index in [1.807, 2.05) is 11.8 Å². The van der Waals surface area contributed by atoms with Gasteiger partial charge in [0.05, 0.1) is 0 Å². The van der Waals surface area contributed by atoms with Crippen molar-refractivity contribution in [2.24, 2.45) is 0 Å². The fraction of sp³-hybridized carbons (Fsp3) is 0.182. The Labute approximate surface area is 107 Å². The standard InChI is InChI=1S/C11H12BrN3S/c1-2-16-8-5-3-7(4-6-8)9-10(12)15-11(13)14-9/h3-6H,2H2,1H3,(H3,13,14,15). The number of halogens is 1. The van der Waals surface area contributed by atoms with Gasteiger partial charge in [0.2, 0.25) is 0 Å². The van der Waals surface area contributed by atoms with Gasteiger partial charge in [-0.1, -0.05) is 19.1 Å². The molecule has 1 aromatic carbocycles. The third-order valence-electron chi connectivity index (χ3n) is 2.12. The molecule has 0 radical (unpaired) electrons. The molecule has 2 aromatic rings. The van der Waals surface area contributed by atoms with Crippen LogP contribution in [0.15, 0.2) is 33.8 Å². The van der Waals surface area contributed by atoms with E-state index in [0.717, 1.165) is 21.6 Å². The first-order valence-corrected chi connectivity index (χ1v) is 6.72. The Morgan fingerprint density at radius 3 is 2.56 bits per heavy atom. The maximum absolute atomic E-state index is 5.59. The number of hydrogen-bond acceptors (Lipinski definition) is 3. The average Bonchev–Trinajstić information content (AvgIpc) is 2.59. The number of thioether (sulfide) groups is 1. The summed E-state index contributed by atoms with van der Waals surface area (Å²) in [5.74, 6) is 1.51. The molecule has 1 heterocycles. The second-order valence-electron chi connectivity index (χ2n) is 3.24. The number of aromatic amines is 1. The van der Waals surface area contributed by atoms with E-state index >= 15 is 0 Å². The Bertz CT molecular complexity index is 478. The highest BCUT2D eigenvalue weighted by molar-refractivity contribution is 9.10. The Morgan fingerprint density at radius 2 is 2.06 bits per heavy atom. The molecule has 3 nitrogen and oxygen atoms in total. The maximum Gasteiger partial charge on any atom is 0.198 e. The van der Waals surface area contributed by atoms with Crippen LogP contribution in [0.5, 0.6) is 0 Å². The monoisotopic (exact) mass is 297 g/mol. The molecule has 0 bridgehead atoms. The summed E-state index contributed by atoms with van der Waals surface area (Å²) in [5.41, 5.74) is 7.50. The first-order valence-electron chi connectivity index (χ1n) is 4.95. The Morgan fingerprint density at radius 1 is 1.38 bits per heavy atom. The highest BCUT2D eigenvalue weighted by Gasteiger charge is 2.08. The fourth-order valence-corrected chi connectivity index (χ4v) is 2.62. The normalized spacial score (nSPS) is 10.6. The number of nitrogens with one attached hydrogen (secondary N) is 1. The number of imidazole rings is 1. The lowest BCUT2D eigenvalue weighted by Gasteiger charge is -2.00.